The number of rotatable bonds is 6. The van der Waals surface area contributed by atoms with Crippen molar-refractivity contribution in [2.45, 2.75) is 44.9 Å². The molecule has 1 saturated heterocycles. The van der Waals surface area contributed by atoms with Crippen molar-refractivity contribution in [3.05, 3.63) is 0 Å². The molecule has 0 atom stereocenters. The smallest absolute Gasteiger partial charge is 0.303 e. The summed E-state index contributed by atoms with van der Waals surface area (Å²) in [5.41, 5.74) is 0. The van der Waals surface area contributed by atoms with Gasteiger partial charge in [0.1, 0.15) is 0 Å². The maximum Gasteiger partial charge on any atom is 0.303 e. The van der Waals surface area contributed by atoms with Crippen LogP contribution in [0.25, 0.3) is 0 Å². The molecule has 0 aromatic heterocycles. The van der Waals surface area contributed by atoms with Gasteiger partial charge in [0.2, 0.25) is 0 Å². The van der Waals surface area contributed by atoms with E-state index in [-0.39, 0.29) is 0 Å². The predicted octanol–water partition coefficient (Wildman–Crippen LogP) is 2.12. The molecule has 3 heteroatoms. The molecular weight excluding hydrogens is 178 g/mol. The number of piperidine rings is 1. The van der Waals surface area contributed by atoms with E-state index in [2.05, 4.69) is 4.90 Å². The molecule has 0 amide bonds. The Balaban J connectivity index is 1.90. The van der Waals surface area contributed by atoms with Crippen LogP contribution in [0, 0.1) is 0 Å². The lowest BCUT2D eigenvalue weighted by Crippen LogP contribution is -2.30. The molecule has 1 N–H and O–H groups in total. The predicted molar refractivity (Wildman–Crippen MR) is 56.4 cm³/mol. The fourth-order valence-electron chi connectivity index (χ4n) is 1.97. The maximum atomic E-state index is 10.3. The fraction of sp³-hybridized carbons (Fsp3) is 0.909. The van der Waals surface area contributed by atoms with Gasteiger partial charge in [0.05, 0.1) is 0 Å². The number of likely N-dealkylation sites (tertiary alicyclic amines) is 1. The summed E-state index contributed by atoms with van der Waals surface area (Å²) in [6.45, 7) is 3.66. The van der Waals surface area contributed by atoms with E-state index in [0.29, 0.717) is 6.42 Å². The Morgan fingerprint density at radius 2 is 1.79 bits per heavy atom. The highest BCUT2D eigenvalue weighted by molar-refractivity contribution is 5.66. The van der Waals surface area contributed by atoms with Crippen LogP contribution in [0.3, 0.4) is 0 Å². The van der Waals surface area contributed by atoms with Gasteiger partial charge in [0.15, 0.2) is 0 Å². The summed E-state index contributed by atoms with van der Waals surface area (Å²) >= 11 is 0. The zero-order chi connectivity index (χ0) is 10.2. The molecule has 0 spiro atoms. The molecule has 0 unspecified atom stereocenters. The lowest BCUT2D eigenvalue weighted by atomic mass is 10.1. The van der Waals surface area contributed by atoms with Crippen molar-refractivity contribution in [2.24, 2.45) is 0 Å². The quantitative estimate of drug-likeness (QED) is 0.666. The van der Waals surface area contributed by atoms with Crippen LogP contribution in [0.4, 0.5) is 0 Å². The molecule has 3 nitrogen and oxygen atoms in total. The van der Waals surface area contributed by atoms with Crippen LogP contribution in [0.2, 0.25) is 0 Å². The van der Waals surface area contributed by atoms with Crippen molar-refractivity contribution < 1.29 is 9.90 Å². The summed E-state index contributed by atoms with van der Waals surface area (Å²) in [6, 6.07) is 0. The summed E-state index contributed by atoms with van der Waals surface area (Å²) in [4.78, 5) is 12.8. The van der Waals surface area contributed by atoms with E-state index in [1.165, 1.54) is 38.9 Å². The molecule has 1 heterocycles. The van der Waals surface area contributed by atoms with Gasteiger partial charge in [-0.1, -0.05) is 12.8 Å². The van der Waals surface area contributed by atoms with E-state index in [9.17, 15) is 4.79 Å². The summed E-state index contributed by atoms with van der Waals surface area (Å²) in [6.07, 6.45) is 7.46. The van der Waals surface area contributed by atoms with Gasteiger partial charge in [0.25, 0.3) is 0 Å². The molecule has 14 heavy (non-hydrogen) atoms. The second-order valence-corrected chi connectivity index (χ2v) is 4.11. The van der Waals surface area contributed by atoms with E-state index in [4.69, 9.17) is 5.11 Å². The van der Waals surface area contributed by atoms with Crippen molar-refractivity contribution in [1.82, 2.24) is 4.90 Å². The van der Waals surface area contributed by atoms with Crippen molar-refractivity contribution >= 4 is 5.97 Å². The lowest BCUT2D eigenvalue weighted by molar-refractivity contribution is -0.137. The van der Waals surface area contributed by atoms with Crippen LogP contribution >= 0.6 is 0 Å². The van der Waals surface area contributed by atoms with Gasteiger partial charge in [0, 0.05) is 6.42 Å². The highest BCUT2D eigenvalue weighted by Gasteiger charge is 2.08. The Morgan fingerprint density at radius 1 is 1.07 bits per heavy atom. The molecule has 0 aromatic rings. The average Bonchev–Trinajstić information content (AvgIpc) is 2.18. The molecule has 1 fully saturated rings. The Kier molecular flexibility index (Phi) is 5.60. The summed E-state index contributed by atoms with van der Waals surface area (Å²) in [5, 5.41) is 8.45. The number of aliphatic carboxylic acids is 1. The number of hydrogen-bond donors (Lipinski definition) is 1. The van der Waals surface area contributed by atoms with Crippen molar-refractivity contribution in [1.29, 1.82) is 0 Å². The molecule has 0 radical (unpaired) electrons. The minimum absolute atomic E-state index is 0.333. The van der Waals surface area contributed by atoms with E-state index >= 15 is 0 Å². The highest BCUT2D eigenvalue weighted by Crippen LogP contribution is 2.10. The van der Waals surface area contributed by atoms with Crippen molar-refractivity contribution in [3.8, 4) is 0 Å². The molecule has 0 aromatic carbocycles. The van der Waals surface area contributed by atoms with E-state index in [0.717, 1.165) is 19.3 Å². The number of carboxylic acids is 1. The first-order valence-corrected chi connectivity index (χ1v) is 5.73. The minimum Gasteiger partial charge on any atom is -0.481 e. The maximum absolute atomic E-state index is 10.3. The van der Waals surface area contributed by atoms with E-state index in [1.807, 2.05) is 0 Å². The lowest BCUT2D eigenvalue weighted by Gasteiger charge is -2.26. The molecule has 0 aliphatic carbocycles. The van der Waals surface area contributed by atoms with Crippen molar-refractivity contribution in [2.75, 3.05) is 19.6 Å². The monoisotopic (exact) mass is 199 g/mol. The number of unbranched alkanes of at least 4 members (excludes halogenated alkanes) is 2. The summed E-state index contributed by atoms with van der Waals surface area (Å²) < 4.78 is 0. The van der Waals surface area contributed by atoms with Gasteiger partial charge in [-0.3, -0.25) is 4.79 Å². The van der Waals surface area contributed by atoms with Gasteiger partial charge in [-0.25, -0.2) is 0 Å². The summed E-state index contributed by atoms with van der Waals surface area (Å²) in [7, 11) is 0. The Bertz CT molecular complexity index is 165. The second kappa shape index (κ2) is 6.82. The zero-order valence-corrected chi connectivity index (χ0v) is 8.87. The van der Waals surface area contributed by atoms with Crippen LogP contribution in [0.15, 0.2) is 0 Å². The number of carboxylic acid groups (broad SMARTS) is 1. The molecular formula is C11H21NO2. The van der Waals surface area contributed by atoms with Gasteiger partial charge in [-0.2, -0.15) is 0 Å². The fourth-order valence-corrected chi connectivity index (χ4v) is 1.97. The third-order valence-electron chi connectivity index (χ3n) is 2.81. The van der Waals surface area contributed by atoms with Crippen LogP contribution < -0.4 is 0 Å². The standard InChI is InChI=1S/C11H21NO2/c13-11(14)7-3-1-4-8-12-9-5-2-6-10-12/h1-10H2,(H,13,14). The number of nitrogens with zero attached hydrogens (tertiary/aromatic N) is 1. The Morgan fingerprint density at radius 3 is 2.43 bits per heavy atom. The van der Waals surface area contributed by atoms with Gasteiger partial charge in [-0.15, -0.1) is 0 Å². The Hall–Kier alpha value is -0.570. The van der Waals surface area contributed by atoms with Crippen LogP contribution in [-0.4, -0.2) is 35.6 Å². The SMILES string of the molecule is O=C(O)CCCCCN1CCCCC1. The van der Waals surface area contributed by atoms with Gasteiger partial charge in [-0.05, 0) is 45.3 Å². The molecule has 82 valence electrons. The first-order valence-electron chi connectivity index (χ1n) is 5.73. The molecule has 0 saturated carbocycles. The molecule has 1 aliphatic heterocycles. The van der Waals surface area contributed by atoms with Crippen molar-refractivity contribution in [3.63, 3.8) is 0 Å². The first-order chi connectivity index (χ1) is 6.79. The average molecular weight is 199 g/mol. The highest BCUT2D eigenvalue weighted by atomic mass is 16.4. The second-order valence-electron chi connectivity index (χ2n) is 4.11. The molecule has 1 rings (SSSR count). The first kappa shape index (κ1) is 11.5. The number of carbonyl (C=O) groups is 1. The molecule has 0 bridgehead atoms. The Labute approximate surface area is 86.1 Å². The third-order valence-corrected chi connectivity index (χ3v) is 2.81. The third kappa shape index (κ3) is 5.22. The van der Waals surface area contributed by atoms with Crippen LogP contribution in [0.5, 0.6) is 0 Å². The van der Waals surface area contributed by atoms with Crippen LogP contribution in [-0.2, 0) is 4.79 Å². The van der Waals surface area contributed by atoms with E-state index < -0.39 is 5.97 Å². The zero-order valence-electron chi connectivity index (χ0n) is 8.87. The molecule has 1 aliphatic rings. The number of hydrogen-bond acceptors (Lipinski definition) is 2. The van der Waals surface area contributed by atoms with E-state index in [1.54, 1.807) is 0 Å². The normalized spacial score (nSPS) is 18.3. The topological polar surface area (TPSA) is 40.5 Å². The van der Waals surface area contributed by atoms with Gasteiger partial charge < -0.3 is 10.0 Å². The minimum atomic E-state index is -0.664. The summed E-state index contributed by atoms with van der Waals surface area (Å²) in [5.74, 6) is -0.664. The van der Waals surface area contributed by atoms with Crippen LogP contribution in [0.1, 0.15) is 44.9 Å². The largest absolute Gasteiger partial charge is 0.481 e. The van der Waals surface area contributed by atoms with Gasteiger partial charge >= 0.3 is 5.97 Å².